The van der Waals surface area contributed by atoms with Gasteiger partial charge in [0.2, 0.25) is 6.33 Å². The smallest absolute Gasteiger partial charge is 0.298 e. The minimum absolute atomic E-state index is 0.133. The van der Waals surface area contributed by atoms with Crippen LogP contribution in [0, 0.1) is 24.6 Å². The van der Waals surface area contributed by atoms with Gasteiger partial charge in [0.25, 0.3) is 11.7 Å². The first-order chi connectivity index (χ1) is 20.4. The van der Waals surface area contributed by atoms with E-state index in [1.54, 1.807) is 44.4 Å². The van der Waals surface area contributed by atoms with Gasteiger partial charge in [-0.3, -0.25) is 10.1 Å². The number of rotatable bonds is 6. The van der Waals surface area contributed by atoms with Crippen LogP contribution in [-0.4, -0.2) is 57.3 Å². The van der Waals surface area contributed by atoms with Crippen LogP contribution in [-0.2, 0) is 4.79 Å². The van der Waals surface area contributed by atoms with E-state index in [1.165, 1.54) is 6.20 Å². The Labute approximate surface area is 241 Å². The minimum atomic E-state index is -0.467. The number of carbonyl (C=O) groups excluding carboxylic acids is 1. The quantitative estimate of drug-likeness (QED) is 0.205. The van der Waals surface area contributed by atoms with Crippen LogP contribution in [0.3, 0.4) is 0 Å². The number of nitrogens with zero attached hydrogens (tertiary/aromatic N) is 6. The molecule has 12 heteroatoms. The molecule has 1 amide bonds. The highest BCUT2D eigenvalue weighted by molar-refractivity contribution is 5.93. The molecule has 4 aromatic rings. The SMILES string of the molecule is CC#CC(=O)N1CC2CCC(C1)N2c1ccc2nc[nH+]c(Nc3ccc(Oc4ccnc(N=CN)c4)c(C)c3F)c2n1. The number of carbonyl (C=O) groups is 1. The third-order valence-corrected chi connectivity index (χ3v) is 7.52. The first-order valence-electron chi connectivity index (χ1n) is 13.6. The van der Waals surface area contributed by atoms with Crippen LogP contribution in [0.2, 0.25) is 0 Å². The van der Waals surface area contributed by atoms with Crippen molar-refractivity contribution < 1.29 is 18.9 Å². The zero-order chi connectivity index (χ0) is 29.2. The summed E-state index contributed by atoms with van der Waals surface area (Å²) in [6, 6.07) is 10.7. The molecule has 2 aliphatic rings. The molecule has 0 radical (unpaired) electrons. The number of ether oxygens (including phenoxy) is 1. The number of anilines is 3. The minimum Gasteiger partial charge on any atom is -0.457 e. The van der Waals surface area contributed by atoms with Gasteiger partial charge in [-0.2, -0.15) is 0 Å². The van der Waals surface area contributed by atoms with Crippen molar-refractivity contribution in [3.05, 3.63) is 60.3 Å². The molecule has 5 heterocycles. The number of aromatic nitrogens is 4. The average Bonchev–Trinajstić information content (AvgIpc) is 3.26. The number of benzene rings is 1. The molecule has 2 unspecified atom stereocenters. The van der Waals surface area contributed by atoms with Crippen molar-refractivity contribution in [1.82, 2.24) is 19.9 Å². The number of likely N-dealkylation sites (tertiary alicyclic amines) is 1. The molecular formula is C30H29FN9O2+. The fourth-order valence-corrected chi connectivity index (χ4v) is 5.58. The van der Waals surface area contributed by atoms with Crippen LogP contribution >= 0.6 is 0 Å². The molecule has 2 saturated heterocycles. The Morgan fingerprint density at radius 3 is 2.79 bits per heavy atom. The van der Waals surface area contributed by atoms with Gasteiger partial charge in [-0.25, -0.2) is 24.3 Å². The Balaban J connectivity index is 1.26. The molecule has 0 spiro atoms. The lowest BCUT2D eigenvalue weighted by molar-refractivity contribution is -0.363. The van der Waals surface area contributed by atoms with Crippen LogP contribution in [0.4, 0.5) is 27.5 Å². The van der Waals surface area contributed by atoms with Crippen molar-refractivity contribution in [2.75, 3.05) is 23.3 Å². The van der Waals surface area contributed by atoms with E-state index >= 15 is 4.39 Å². The van der Waals surface area contributed by atoms with Gasteiger partial charge in [-0.1, -0.05) is 5.92 Å². The highest BCUT2D eigenvalue weighted by atomic mass is 19.1. The predicted octanol–water partition coefficient (Wildman–Crippen LogP) is 3.64. The second kappa shape index (κ2) is 11.3. The number of aromatic amines is 1. The maximum absolute atomic E-state index is 15.6. The molecule has 11 nitrogen and oxygen atoms in total. The van der Waals surface area contributed by atoms with Gasteiger partial charge in [-0.15, -0.1) is 4.98 Å². The predicted molar refractivity (Wildman–Crippen MR) is 156 cm³/mol. The maximum atomic E-state index is 15.6. The van der Waals surface area contributed by atoms with Crippen LogP contribution < -0.4 is 25.7 Å². The van der Waals surface area contributed by atoms with E-state index in [9.17, 15) is 4.79 Å². The van der Waals surface area contributed by atoms with E-state index < -0.39 is 5.82 Å². The van der Waals surface area contributed by atoms with Crippen LogP contribution in [0.25, 0.3) is 11.0 Å². The van der Waals surface area contributed by atoms with E-state index in [4.69, 9.17) is 15.5 Å². The molecule has 42 heavy (non-hydrogen) atoms. The number of hydrogen-bond donors (Lipinski definition) is 2. The number of aliphatic imine (C=N–C) groups is 1. The fraction of sp³-hybridized carbons (Fsp3) is 0.267. The van der Waals surface area contributed by atoms with Crippen molar-refractivity contribution in [3.8, 4) is 23.3 Å². The molecule has 3 aromatic heterocycles. The summed E-state index contributed by atoms with van der Waals surface area (Å²) in [5.74, 6) is 7.25. The summed E-state index contributed by atoms with van der Waals surface area (Å²) in [5.41, 5.74) is 7.16. The summed E-state index contributed by atoms with van der Waals surface area (Å²) in [6.07, 6.45) is 6.17. The summed E-state index contributed by atoms with van der Waals surface area (Å²) in [4.78, 5) is 37.0. The third kappa shape index (κ3) is 5.12. The summed E-state index contributed by atoms with van der Waals surface area (Å²) in [6.45, 7) is 4.53. The second-order valence-electron chi connectivity index (χ2n) is 10.1. The van der Waals surface area contributed by atoms with E-state index in [1.807, 2.05) is 17.0 Å². The van der Waals surface area contributed by atoms with Crippen molar-refractivity contribution in [2.45, 2.75) is 38.8 Å². The Hall–Kier alpha value is -5.31. The van der Waals surface area contributed by atoms with Crippen LogP contribution in [0.15, 0.2) is 53.9 Å². The standard InChI is InChI=1S/C30H28FN9O2/c1-3-4-27(41)39-14-19-5-6-20(15-39)40(19)26-10-8-23-29(38-26)30(36-17-35-23)37-22-7-9-24(18(2)28(22)31)42-21-11-12-33-25(13-21)34-16-32/h7-13,16-17,19-20H,5-6,14-15H2,1-2H3,(H2,32,33,34)(H,35,36,37)/p+1. The number of nitrogens with one attached hydrogen (secondary N) is 2. The number of pyridine rings is 2. The van der Waals surface area contributed by atoms with Crippen molar-refractivity contribution in [2.24, 2.45) is 10.7 Å². The van der Waals surface area contributed by atoms with Gasteiger partial charge in [0.15, 0.2) is 22.7 Å². The number of halogens is 1. The number of piperazine rings is 1. The number of amides is 1. The highest BCUT2D eigenvalue weighted by Crippen LogP contribution is 2.36. The molecule has 2 fully saturated rings. The summed E-state index contributed by atoms with van der Waals surface area (Å²) in [5, 5.41) is 3.16. The fourth-order valence-electron chi connectivity index (χ4n) is 5.58. The Morgan fingerprint density at radius 1 is 1.21 bits per heavy atom. The number of fused-ring (bicyclic) bond motifs is 3. The lowest BCUT2D eigenvalue weighted by Gasteiger charge is -2.41. The summed E-state index contributed by atoms with van der Waals surface area (Å²) < 4.78 is 21.5. The molecule has 6 rings (SSSR count). The number of hydrogen-bond acceptors (Lipinski definition) is 8. The number of H-pyrrole nitrogens is 1. The zero-order valence-corrected chi connectivity index (χ0v) is 23.1. The lowest BCUT2D eigenvalue weighted by atomic mass is 10.1. The average molecular weight is 567 g/mol. The van der Waals surface area contributed by atoms with Crippen LogP contribution in [0.5, 0.6) is 11.5 Å². The van der Waals surface area contributed by atoms with Gasteiger partial charge in [0.05, 0.1) is 6.34 Å². The molecule has 0 aliphatic carbocycles. The Bertz CT molecular complexity index is 1750. The Kier molecular flexibility index (Phi) is 7.23. The van der Waals surface area contributed by atoms with Gasteiger partial charge < -0.3 is 20.3 Å². The molecule has 2 aliphatic heterocycles. The lowest BCUT2D eigenvalue weighted by Crippen LogP contribution is -2.55. The molecule has 0 saturated carbocycles. The van der Waals surface area contributed by atoms with E-state index in [2.05, 4.69) is 42.0 Å². The van der Waals surface area contributed by atoms with Gasteiger partial charge in [-0.05, 0) is 62.9 Å². The van der Waals surface area contributed by atoms with Crippen molar-refractivity contribution >= 4 is 46.4 Å². The van der Waals surface area contributed by atoms with Crippen LogP contribution in [0.1, 0.15) is 25.3 Å². The largest absolute Gasteiger partial charge is 0.457 e. The van der Waals surface area contributed by atoms with E-state index in [-0.39, 0.29) is 23.7 Å². The number of nitrogens with two attached hydrogens (primary N) is 1. The van der Waals surface area contributed by atoms with Gasteiger partial charge >= 0.3 is 0 Å². The second-order valence-corrected chi connectivity index (χ2v) is 10.1. The molecule has 2 bridgehead atoms. The van der Waals surface area contributed by atoms with Gasteiger partial charge in [0, 0.05) is 43.0 Å². The first kappa shape index (κ1) is 26.9. The first-order valence-corrected chi connectivity index (χ1v) is 13.6. The topological polar surface area (TPSA) is 136 Å². The highest BCUT2D eigenvalue weighted by Gasteiger charge is 2.42. The normalized spacial score (nSPS) is 17.8. The molecule has 4 N–H and O–H groups in total. The van der Waals surface area contributed by atoms with E-state index in [0.29, 0.717) is 52.8 Å². The molecule has 2 atom stereocenters. The summed E-state index contributed by atoms with van der Waals surface area (Å²) >= 11 is 0. The molecule has 212 valence electrons. The molecule has 1 aromatic carbocycles. The Morgan fingerprint density at radius 2 is 2.02 bits per heavy atom. The van der Waals surface area contributed by atoms with Crippen molar-refractivity contribution in [3.63, 3.8) is 0 Å². The monoisotopic (exact) mass is 566 g/mol. The zero-order valence-electron chi connectivity index (χ0n) is 23.1. The third-order valence-electron chi connectivity index (χ3n) is 7.52. The summed E-state index contributed by atoms with van der Waals surface area (Å²) in [7, 11) is 0. The maximum Gasteiger partial charge on any atom is 0.298 e. The van der Waals surface area contributed by atoms with E-state index in [0.717, 1.165) is 25.0 Å². The van der Waals surface area contributed by atoms with Gasteiger partial charge in [0.1, 0.15) is 23.0 Å². The molecular weight excluding hydrogens is 537 g/mol. The van der Waals surface area contributed by atoms with Crippen molar-refractivity contribution in [1.29, 1.82) is 0 Å².